The number of ketones is 1. The number of azo groups is 1. The average molecular weight is 524 g/mol. The monoisotopic (exact) mass is 524 g/mol. The van der Waals surface area contributed by atoms with E-state index in [-0.39, 0.29) is 59.0 Å². The van der Waals surface area contributed by atoms with Crippen molar-refractivity contribution in [3.05, 3.63) is 52.1 Å². The molecule has 0 heterocycles. The van der Waals surface area contributed by atoms with Crippen molar-refractivity contribution >= 4 is 43.7 Å². The van der Waals surface area contributed by atoms with Gasteiger partial charge in [0.05, 0.1) is 26.8 Å². The standard InChI is InChI=1S/C18H13N3O9S.Fe.Na/c1-8(22)11-5-13(15(24)6-14(11)23)19-20-18-10-3-2-9(21(26)27)4-12(10)17(7-16(18)25)31(28,29)30;;/h2-7,23-25H,1H3,(H,28,29,30);;/q;+3;+1/p-2. The minimum Gasteiger partial charge on any atom is -0.871 e. The van der Waals surface area contributed by atoms with Gasteiger partial charge < -0.3 is 19.9 Å². The van der Waals surface area contributed by atoms with Gasteiger partial charge in [0.1, 0.15) is 15.9 Å². The van der Waals surface area contributed by atoms with E-state index >= 15 is 0 Å². The molecule has 0 atom stereocenters. The molecule has 0 fully saturated rings. The van der Waals surface area contributed by atoms with Crippen LogP contribution in [0.5, 0.6) is 17.2 Å². The van der Waals surface area contributed by atoms with Crippen LogP contribution in [-0.2, 0) is 27.2 Å². The molecule has 0 aliphatic carbocycles. The molecule has 0 unspecified atom stereocenters. The number of phenolic OH excluding ortho intramolecular Hbond substituents is 1. The van der Waals surface area contributed by atoms with Crippen molar-refractivity contribution in [3.63, 3.8) is 0 Å². The van der Waals surface area contributed by atoms with Crippen LogP contribution >= 0.6 is 0 Å². The van der Waals surface area contributed by atoms with Gasteiger partial charge in [-0.25, -0.2) is 8.42 Å². The molecule has 12 nitrogen and oxygen atoms in total. The summed E-state index contributed by atoms with van der Waals surface area (Å²) in [5, 5.41) is 51.6. The molecule has 3 aromatic carbocycles. The Balaban J connectivity index is 0.00000363. The van der Waals surface area contributed by atoms with E-state index in [1.165, 1.54) is 0 Å². The summed E-state index contributed by atoms with van der Waals surface area (Å²) in [6.45, 7) is 1.14. The zero-order chi connectivity index (χ0) is 23.1. The molecule has 0 amide bonds. The fourth-order valence-electron chi connectivity index (χ4n) is 2.79. The van der Waals surface area contributed by atoms with E-state index in [0.29, 0.717) is 6.07 Å². The van der Waals surface area contributed by atoms with Gasteiger partial charge in [-0.15, -0.1) is 0 Å². The summed E-state index contributed by atoms with van der Waals surface area (Å²) in [4.78, 5) is 20.7. The van der Waals surface area contributed by atoms with Crippen LogP contribution in [-0.4, -0.2) is 28.8 Å². The molecular formula is C18H11FeN3NaO9S+2. The summed E-state index contributed by atoms with van der Waals surface area (Å²) in [6, 6.07) is 4.93. The van der Waals surface area contributed by atoms with Gasteiger partial charge in [0.25, 0.3) is 5.69 Å². The fraction of sp³-hybridized carbons (Fsp3) is 0.0556. The maximum atomic E-state index is 12.4. The number of benzene rings is 3. The average Bonchev–Trinajstić information content (AvgIpc) is 2.66. The summed E-state index contributed by atoms with van der Waals surface area (Å²) in [5.74, 6) is -3.00. The fourth-order valence-corrected chi connectivity index (χ4v) is 3.48. The van der Waals surface area contributed by atoms with Crippen molar-refractivity contribution in [2.75, 3.05) is 0 Å². The zero-order valence-electron chi connectivity index (χ0n) is 17.8. The van der Waals surface area contributed by atoms with Gasteiger partial charge in [-0.1, -0.05) is 11.5 Å². The van der Waals surface area contributed by atoms with Gasteiger partial charge in [-0.2, -0.15) is 10.2 Å². The summed E-state index contributed by atoms with van der Waals surface area (Å²) in [5.41, 5.74) is -1.65. The number of nitro benzene ring substituents is 1. The molecule has 15 heteroatoms. The molecule has 0 aliphatic heterocycles. The third kappa shape index (κ3) is 5.86. The predicted molar refractivity (Wildman–Crippen MR) is 101 cm³/mol. The second-order valence-electron chi connectivity index (χ2n) is 6.26. The van der Waals surface area contributed by atoms with Crippen LogP contribution in [0.4, 0.5) is 17.1 Å². The molecule has 3 aromatic rings. The smallest absolute Gasteiger partial charge is 0.871 e. The largest absolute Gasteiger partial charge is 3.00 e. The van der Waals surface area contributed by atoms with E-state index in [9.17, 15) is 43.2 Å². The number of carbonyl (C=O) groups excluding carboxylic acids is 1. The van der Waals surface area contributed by atoms with Crippen LogP contribution in [0.3, 0.4) is 0 Å². The maximum absolute atomic E-state index is 12.4. The number of hydrogen-bond acceptors (Lipinski definition) is 11. The van der Waals surface area contributed by atoms with Crippen molar-refractivity contribution in [2.45, 2.75) is 11.8 Å². The van der Waals surface area contributed by atoms with Crippen LogP contribution in [0.25, 0.3) is 10.8 Å². The Bertz CT molecular complexity index is 1420. The molecule has 33 heavy (non-hydrogen) atoms. The first-order valence-corrected chi connectivity index (χ1v) is 9.65. The number of aromatic hydroxyl groups is 1. The summed E-state index contributed by atoms with van der Waals surface area (Å²) >= 11 is 0. The first-order chi connectivity index (χ1) is 14.4. The Morgan fingerprint density at radius 1 is 1.06 bits per heavy atom. The Hall–Kier alpha value is -2.58. The van der Waals surface area contributed by atoms with Crippen molar-refractivity contribution < 1.29 is 86.1 Å². The Labute approximate surface area is 220 Å². The number of fused-ring (bicyclic) bond motifs is 1. The first-order valence-electron chi connectivity index (χ1n) is 8.25. The Kier molecular flexibility index (Phi) is 9.11. The van der Waals surface area contributed by atoms with Crippen molar-refractivity contribution in [1.29, 1.82) is 0 Å². The zero-order valence-corrected chi connectivity index (χ0v) is 20.7. The van der Waals surface area contributed by atoms with Gasteiger partial charge in [-0.3, -0.25) is 14.9 Å². The number of nitro groups is 1. The van der Waals surface area contributed by atoms with Gasteiger partial charge >= 0.3 is 48.1 Å². The van der Waals surface area contributed by atoms with E-state index < -0.39 is 65.4 Å². The second kappa shape index (κ2) is 10.6. The molecule has 0 spiro atoms. The second-order valence-corrected chi connectivity index (χ2v) is 7.60. The Morgan fingerprint density at radius 3 is 2.24 bits per heavy atom. The van der Waals surface area contributed by atoms with Crippen molar-refractivity contribution in [1.82, 2.24) is 0 Å². The maximum Gasteiger partial charge on any atom is 3.00 e. The summed E-state index contributed by atoms with van der Waals surface area (Å²) in [7, 11) is -5.17. The van der Waals surface area contributed by atoms with E-state index in [2.05, 4.69) is 10.2 Å². The van der Waals surface area contributed by atoms with Crippen LogP contribution in [0, 0.1) is 10.1 Å². The number of non-ortho nitro benzene ring substituents is 1. The van der Waals surface area contributed by atoms with Crippen molar-refractivity contribution in [2.24, 2.45) is 10.2 Å². The van der Waals surface area contributed by atoms with E-state index in [1.54, 1.807) is 0 Å². The van der Waals surface area contributed by atoms with Crippen molar-refractivity contribution in [3.8, 4) is 17.2 Å². The molecule has 0 aromatic heterocycles. The minimum atomic E-state index is -5.17. The van der Waals surface area contributed by atoms with Crippen LogP contribution in [0.2, 0.25) is 0 Å². The molecule has 165 valence electrons. The van der Waals surface area contributed by atoms with Crippen LogP contribution < -0.4 is 39.8 Å². The van der Waals surface area contributed by atoms with Crippen LogP contribution in [0.15, 0.2) is 51.5 Å². The normalized spacial score (nSPS) is 11.1. The number of Topliss-reactive ketones (excluding diaryl/α,β-unsaturated/α-hetero) is 1. The molecule has 0 saturated carbocycles. The molecule has 1 N–H and O–H groups in total. The third-order valence-corrected chi connectivity index (χ3v) is 5.09. The number of phenols is 1. The predicted octanol–water partition coefficient (Wildman–Crippen LogP) is -0.763. The number of carbonyl (C=O) groups is 1. The summed E-state index contributed by atoms with van der Waals surface area (Å²) < 4.78 is 34.6. The number of hydrogen-bond donors (Lipinski definition) is 1. The number of rotatable bonds is 5. The van der Waals surface area contributed by atoms with Gasteiger partial charge in [0.15, 0.2) is 5.78 Å². The molecule has 0 bridgehead atoms. The minimum absolute atomic E-state index is 0. The van der Waals surface area contributed by atoms with Crippen LogP contribution in [0.1, 0.15) is 18.7 Å². The molecular weight excluding hydrogens is 513 g/mol. The van der Waals surface area contributed by atoms with Gasteiger partial charge in [0, 0.05) is 22.9 Å². The van der Waals surface area contributed by atoms with Gasteiger partial charge in [0.2, 0.25) is 0 Å². The molecule has 1 radical (unpaired) electrons. The molecule has 3 rings (SSSR count). The van der Waals surface area contributed by atoms with E-state index in [1.807, 2.05) is 0 Å². The van der Waals surface area contributed by atoms with Gasteiger partial charge in [-0.05, 0) is 31.2 Å². The van der Waals surface area contributed by atoms with E-state index in [4.69, 9.17) is 0 Å². The first kappa shape index (κ1) is 28.5. The quantitative estimate of drug-likeness (QED) is 0.111. The molecule has 0 saturated heterocycles. The molecule has 0 aliphatic rings. The Morgan fingerprint density at radius 2 is 1.70 bits per heavy atom. The third-order valence-electron chi connectivity index (χ3n) is 4.21. The number of nitrogens with zero attached hydrogens (tertiary/aromatic N) is 3. The summed E-state index contributed by atoms with van der Waals surface area (Å²) in [6.07, 6.45) is 0. The van der Waals surface area contributed by atoms with E-state index in [0.717, 1.165) is 37.3 Å². The topological polar surface area (TPSA) is 208 Å². The SMILES string of the molecule is CC(=O)c1cc(N=Nc2c([O-])cc(S(=O)(=O)[O-])c3cc([N+](=O)[O-])ccc23)c([O-])cc1O.[Fe+3].[H+].[Na+].